The summed E-state index contributed by atoms with van der Waals surface area (Å²) in [5.74, 6) is -0.569. The lowest BCUT2D eigenvalue weighted by Crippen LogP contribution is -2.47. The number of carbonyl (C=O) groups excluding carboxylic acids is 2. The van der Waals surface area contributed by atoms with Gasteiger partial charge in [0.05, 0.1) is 33.8 Å². The van der Waals surface area contributed by atoms with Crippen LogP contribution in [0.15, 0.2) is 85.1 Å². The molecule has 0 heterocycles. The number of nitrogens with one attached hydrogen (secondary N) is 1. The Morgan fingerprint density at radius 2 is 0.823 bits per heavy atom. The number of likely N-dealkylation sites (N-methyl/N-ethyl adjacent to an activating group) is 1. The molecule has 0 rings (SSSR count). The number of amides is 1. The third-order valence-electron chi connectivity index (χ3n) is 14.3. The fraction of sp³-hybridized carbons (Fsp3) is 0.768. The third kappa shape index (κ3) is 59.6. The molecule has 0 fully saturated rings. The van der Waals surface area contributed by atoms with Gasteiger partial charge in [-0.15, -0.1) is 0 Å². The van der Waals surface area contributed by atoms with E-state index in [0.717, 1.165) is 77.0 Å². The highest BCUT2D eigenvalue weighted by molar-refractivity contribution is 7.47. The number of hydrogen-bond donors (Lipinski definition) is 2. The van der Waals surface area contributed by atoms with Crippen LogP contribution in [-0.4, -0.2) is 74.3 Å². The number of rotatable bonds is 59. The van der Waals surface area contributed by atoms with Crippen LogP contribution in [-0.2, 0) is 27.9 Å². The number of quaternary nitrogens is 1. The van der Waals surface area contributed by atoms with Crippen molar-refractivity contribution in [3.8, 4) is 0 Å². The SMILES string of the molecule is CC/C=C\C/C=C\C/C=C\C/C=C\C/C=C\CCCC(=O)OC(/C=C\CCCCCCCCCCCCC)C(COP(=O)(O)OCC[N+](C)(C)C)NC(=O)CCCCCCCCCCCCCCC/C=C/CCCCCCCC. The monoisotopic (exact) mass is 1130 g/mol. The Bertz CT molecular complexity index is 1630. The van der Waals surface area contributed by atoms with E-state index in [1.165, 1.54) is 173 Å². The van der Waals surface area contributed by atoms with Crippen LogP contribution in [0.1, 0.15) is 290 Å². The van der Waals surface area contributed by atoms with Crippen LogP contribution < -0.4 is 5.32 Å². The van der Waals surface area contributed by atoms with Crippen molar-refractivity contribution in [3.05, 3.63) is 85.1 Å². The lowest BCUT2D eigenvalue weighted by atomic mass is 10.0. The molecular formula is C69H126N2O7P+. The highest BCUT2D eigenvalue weighted by atomic mass is 31.2. The smallest absolute Gasteiger partial charge is 0.456 e. The molecule has 0 bridgehead atoms. The molecule has 3 atom stereocenters. The third-order valence-corrected chi connectivity index (χ3v) is 15.3. The quantitative estimate of drug-likeness (QED) is 0.0205. The molecule has 0 saturated heterocycles. The summed E-state index contributed by atoms with van der Waals surface area (Å²) in [7, 11) is 1.46. The van der Waals surface area contributed by atoms with Crippen LogP contribution >= 0.6 is 7.82 Å². The van der Waals surface area contributed by atoms with E-state index in [1.54, 1.807) is 0 Å². The number of hydrogen-bond acceptors (Lipinski definition) is 6. The molecule has 0 aliphatic carbocycles. The predicted octanol–water partition coefficient (Wildman–Crippen LogP) is 20.6. The first kappa shape index (κ1) is 76.2. The molecule has 0 aromatic rings. The summed E-state index contributed by atoms with van der Waals surface area (Å²) in [5.41, 5.74) is 0. The van der Waals surface area contributed by atoms with Crippen LogP contribution in [0.5, 0.6) is 0 Å². The molecule has 1 amide bonds. The maximum Gasteiger partial charge on any atom is 0.472 e. The zero-order chi connectivity index (χ0) is 57.9. The first-order chi connectivity index (χ1) is 38.4. The molecule has 0 radical (unpaired) electrons. The number of carbonyl (C=O) groups is 2. The summed E-state index contributed by atoms with van der Waals surface area (Å²) >= 11 is 0. The Balaban J connectivity index is 5.24. The van der Waals surface area contributed by atoms with Crippen LogP contribution in [0, 0.1) is 0 Å². The van der Waals surface area contributed by atoms with Crippen molar-refractivity contribution in [2.45, 2.75) is 303 Å². The average Bonchev–Trinajstić information content (AvgIpc) is 3.41. The van der Waals surface area contributed by atoms with Gasteiger partial charge in [-0.2, -0.15) is 0 Å². The first-order valence-electron chi connectivity index (χ1n) is 32.9. The predicted molar refractivity (Wildman–Crippen MR) is 341 cm³/mol. The summed E-state index contributed by atoms with van der Waals surface area (Å²) in [5, 5.41) is 3.05. The van der Waals surface area contributed by atoms with E-state index >= 15 is 0 Å². The minimum absolute atomic E-state index is 0.0291. The lowest BCUT2D eigenvalue weighted by Gasteiger charge is -2.27. The van der Waals surface area contributed by atoms with Gasteiger partial charge in [0.1, 0.15) is 19.3 Å². The fourth-order valence-electron chi connectivity index (χ4n) is 9.27. The van der Waals surface area contributed by atoms with Crippen LogP contribution in [0.4, 0.5) is 0 Å². The molecule has 0 aliphatic heterocycles. The maximum absolute atomic E-state index is 13.6. The number of unbranched alkanes of at least 4 members (excludes halogenated alkanes) is 31. The Kier molecular flexibility index (Phi) is 56.3. The van der Waals surface area contributed by atoms with E-state index in [9.17, 15) is 19.0 Å². The van der Waals surface area contributed by atoms with E-state index in [-0.39, 0.29) is 31.5 Å². The van der Waals surface area contributed by atoms with Crippen LogP contribution in [0.3, 0.4) is 0 Å². The standard InChI is InChI=1S/C69H125N2O7P/c1-7-10-13-16-19-22-25-28-30-32-33-34-35-36-37-39-40-43-46-49-52-55-58-61-68(72)70-66(65-77-79(74,75)76-64-63-71(4,5)6)67(60-57-54-51-48-45-42-27-24-21-18-15-12-9-3)78-69(73)62-59-56-53-50-47-44-41-38-31-29-26-23-20-17-14-11-8-2/h11,14,20,23,28-31,41,44,50,53,57,60,66-67H,7-10,12-13,15-19,21-22,24-27,32-40,42-43,45-49,51-52,54-56,58-59,61-65H2,1-6H3,(H-,70,72,74,75)/p+1/b14-11-,23-20-,30-28+,31-29-,44-41-,53-50-,60-57-. The summed E-state index contributed by atoms with van der Waals surface area (Å²) in [6.45, 7) is 6.88. The van der Waals surface area contributed by atoms with Gasteiger partial charge in [-0.3, -0.25) is 18.6 Å². The van der Waals surface area contributed by atoms with Gasteiger partial charge < -0.3 is 19.4 Å². The van der Waals surface area contributed by atoms with Gasteiger partial charge in [0.15, 0.2) is 0 Å². The van der Waals surface area contributed by atoms with Crippen molar-refractivity contribution in [3.63, 3.8) is 0 Å². The highest BCUT2D eigenvalue weighted by Crippen LogP contribution is 2.43. The van der Waals surface area contributed by atoms with Gasteiger partial charge in [0.25, 0.3) is 0 Å². The summed E-state index contributed by atoms with van der Waals surface area (Å²) < 4.78 is 30.7. The van der Waals surface area contributed by atoms with Gasteiger partial charge in [-0.25, -0.2) is 4.57 Å². The Hall–Kier alpha value is -2.81. The van der Waals surface area contributed by atoms with Crippen LogP contribution in [0.25, 0.3) is 0 Å². The molecule has 0 saturated carbocycles. The van der Waals surface area contributed by atoms with Crippen molar-refractivity contribution in [2.75, 3.05) is 40.9 Å². The molecule has 0 aliphatic rings. The molecule has 2 N–H and O–H groups in total. The Morgan fingerprint density at radius 3 is 1.25 bits per heavy atom. The van der Waals surface area contributed by atoms with Gasteiger partial charge in [0, 0.05) is 12.8 Å². The van der Waals surface area contributed by atoms with Crippen molar-refractivity contribution in [2.24, 2.45) is 0 Å². The second-order valence-corrected chi connectivity index (χ2v) is 24.7. The van der Waals surface area contributed by atoms with E-state index in [0.29, 0.717) is 23.9 Å². The highest BCUT2D eigenvalue weighted by Gasteiger charge is 2.30. The van der Waals surface area contributed by atoms with E-state index < -0.39 is 20.0 Å². The Labute approximate surface area is 488 Å². The van der Waals surface area contributed by atoms with E-state index in [4.69, 9.17) is 13.8 Å². The summed E-state index contributed by atoms with van der Waals surface area (Å²) in [6.07, 6.45) is 77.4. The zero-order valence-electron chi connectivity index (χ0n) is 52.3. The maximum atomic E-state index is 13.6. The van der Waals surface area contributed by atoms with Crippen molar-refractivity contribution >= 4 is 19.7 Å². The molecule has 0 aromatic carbocycles. The molecule has 9 nitrogen and oxygen atoms in total. The molecule has 0 aromatic heterocycles. The van der Waals surface area contributed by atoms with Crippen LogP contribution in [0.2, 0.25) is 0 Å². The number of allylic oxidation sites excluding steroid dienone is 13. The summed E-state index contributed by atoms with van der Waals surface area (Å²) in [6, 6.07) is -0.875. The molecule has 79 heavy (non-hydrogen) atoms. The zero-order valence-corrected chi connectivity index (χ0v) is 53.2. The molecule has 0 spiro atoms. The normalized spacial score (nSPS) is 14.2. The molecule has 458 valence electrons. The van der Waals surface area contributed by atoms with Crippen molar-refractivity contribution < 1.29 is 37.3 Å². The van der Waals surface area contributed by atoms with Crippen molar-refractivity contribution in [1.29, 1.82) is 0 Å². The molecule has 10 heteroatoms. The van der Waals surface area contributed by atoms with Gasteiger partial charge in [-0.1, -0.05) is 267 Å². The largest absolute Gasteiger partial charge is 0.472 e. The van der Waals surface area contributed by atoms with E-state index in [2.05, 4.69) is 99.0 Å². The number of ether oxygens (including phenoxy) is 1. The Morgan fingerprint density at radius 1 is 0.456 bits per heavy atom. The molecular weight excluding hydrogens is 1000 g/mol. The number of nitrogens with zero attached hydrogens (tertiary/aromatic N) is 1. The van der Waals surface area contributed by atoms with Gasteiger partial charge >= 0.3 is 13.8 Å². The van der Waals surface area contributed by atoms with Gasteiger partial charge in [0.2, 0.25) is 5.91 Å². The minimum Gasteiger partial charge on any atom is -0.456 e. The van der Waals surface area contributed by atoms with Gasteiger partial charge in [-0.05, 0) is 96.0 Å². The van der Waals surface area contributed by atoms with Crippen molar-refractivity contribution in [1.82, 2.24) is 5.32 Å². The lowest BCUT2D eigenvalue weighted by molar-refractivity contribution is -0.870. The molecule has 3 unspecified atom stereocenters. The topological polar surface area (TPSA) is 111 Å². The minimum atomic E-state index is -4.47. The fourth-order valence-corrected chi connectivity index (χ4v) is 10.0. The second-order valence-electron chi connectivity index (χ2n) is 23.3. The number of esters is 1. The number of phosphoric ester groups is 1. The van der Waals surface area contributed by atoms with E-state index in [1.807, 2.05) is 33.3 Å². The second kappa shape index (κ2) is 58.4. The number of phosphoric acid groups is 1. The average molecular weight is 1130 g/mol. The first-order valence-corrected chi connectivity index (χ1v) is 34.4. The summed E-state index contributed by atoms with van der Waals surface area (Å²) in [4.78, 5) is 37.8.